The van der Waals surface area contributed by atoms with E-state index < -0.39 is 5.60 Å². The van der Waals surface area contributed by atoms with E-state index in [4.69, 9.17) is 0 Å². The summed E-state index contributed by atoms with van der Waals surface area (Å²) in [5, 5.41) is 18.1. The Morgan fingerprint density at radius 2 is 2.07 bits per heavy atom. The van der Waals surface area contributed by atoms with Gasteiger partial charge in [0.15, 0.2) is 5.96 Å². The molecule has 1 saturated carbocycles. The lowest BCUT2D eigenvalue weighted by molar-refractivity contribution is -0.120. The molecule has 0 bridgehead atoms. The summed E-state index contributed by atoms with van der Waals surface area (Å²) in [5.41, 5.74) is 0.135. The van der Waals surface area contributed by atoms with Crippen LogP contribution in [0.4, 0.5) is 5.69 Å². The monoisotopic (exact) mass is 490 g/mol. The number of halogens is 1. The molecule has 1 aliphatic heterocycles. The molecule has 27 heavy (non-hydrogen) atoms. The minimum atomic E-state index is -0.694. The first-order valence-electron chi connectivity index (χ1n) is 9.55. The molecule has 0 unspecified atom stereocenters. The van der Waals surface area contributed by atoms with E-state index in [1.54, 1.807) is 15.8 Å². The molecule has 0 atom stereocenters. The minimum Gasteiger partial charge on any atom is -0.388 e. The summed E-state index contributed by atoms with van der Waals surface area (Å²) in [7, 11) is 1.84. The lowest BCUT2D eigenvalue weighted by Crippen LogP contribution is -2.55. The molecule has 1 amide bonds. The van der Waals surface area contributed by atoms with E-state index >= 15 is 0 Å². The number of aliphatic imine (C=N–C) groups is 1. The van der Waals surface area contributed by atoms with Crippen molar-refractivity contribution in [1.82, 2.24) is 20.0 Å². The highest BCUT2D eigenvalue weighted by molar-refractivity contribution is 14.0. The Hall–Kier alpha value is -1.36. The maximum atomic E-state index is 12.6. The highest BCUT2D eigenvalue weighted by Crippen LogP contribution is 2.28. The third-order valence-corrected chi connectivity index (χ3v) is 5.17. The molecular weight excluding hydrogens is 459 g/mol. The molecule has 152 valence electrons. The van der Waals surface area contributed by atoms with Crippen LogP contribution >= 0.6 is 24.0 Å². The van der Waals surface area contributed by atoms with Gasteiger partial charge in [-0.3, -0.25) is 14.5 Å². The summed E-state index contributed by atoms with van der Waals surface area (Å²) in [4.78, 5) is 21.0. The number of guanidine groups is 1. The van der Waals surface area contributed by atoms with Gasteiger partial charge in [-0.05, 0) is 19.8 Å². The molecule has 2 N–H and O–H groups in total. The SMILES string of the molecule is CCNC(=NCC1(O)CCCCC1)N1CCN(c2cnn(C)c2)C(=O)C1.I. The van der Waals surface area contributed by atoms with Crippen LogP contribution in [0, 0.1) is 0 Å². The Morgan fingerprint density at radius 3 is 2.67 bits per heavy atom. The standard InChI is InChI=1S/C18H30N6O2.HI/c1-3-19-17(20-14-18(26)7-5-4-6-8-18)23-9-10-24(16(25)13-23)15-11-21-22(2)12-15;/h11-12,26H,3-10,13-14H2,1-2H3,(H,19,20);1H. The van der Waals surface area contributed by atoms with Gasteiger partial charge in [0.05, 0.1) is 24.0 Å². The average molecular weight is 490 g/mol. The zero-order valence-corrected chi connectivity index (χ0v) is 18.6. The van der Waals surface area contributed by atoms with E-state index in [0.29, 0.717) is 25.6 Å². The van der Waals surface area contributed by atoms with Crippen molar-refractivity contribution in [3.8, 4) is 0 Å². The molecule has 0 spiro atoms. The number of aryl methyl sites for hydroxylation is 1. The molecule has 2 fully saturated rings. The van der Waals surface area contributed by atoms with Gasteiger partial charge in [-0.25, -0.2) is 0 Å². The quantitative estimate of drug-likeness (QED) is 0.378. The Bertz CT molecular complexity index is 656. The summed E-state index contributed by atoms with van der Waals surface area (Å²) in [6, 6.07) is 0. The molecule has 0 radical (unpaired) electrons. The second-order valence-electron chi connectivity index (χ2n) is 7.29. The van der Waals surface area contributed by atoms with Crippen molar-refractivity contribution < 1.29 is 9.90 Å². The number of carbonyl (C=O) groups is 1. The van der Waals surface area contributed by atoms with Crippen LogP contribution in [0.5, 0.6) is 0 Å². The zero-order chi connectivity index (χ0) is 18.6. The number of aromatic nitrogens is 2. The number of carbonyl (C=O) groups excluding carboxylic acids is 1. The number of piperazine rings is 1. The van der Waals surface area contributed by atoms with Crippen LogP contribution in [0.3, 0.4) is 0 Å². The van der Waals surface area contributed by atoms with Gasteiger partial charge in [-0.2, -0.15) is 5.10 Å². The van der Waals surface area contributed by atoms with Gasteiger partial charge in [-0.1, -0.05) is 19.3 Å². The smallest absolute Gasteiger partial charge is 0.246 e. The van der Waals surface area contributed by atoms with E-state index in [1.165, 1.54) is 6.42 Å². The molecule has 2 heterocycles. The Kier molecular flexibility index (Phi) is 7.90. The number of anilines is 1. The summed E-state index contributed by atoms with van der Waals surface area (Å²) < 4.78 is 1.70. The fraction of sp³-hybridized carbons (Fsp3) is 0.722. The van der Waals surface area contributed by atoms with Crippen LogP contribution in [-0.2, 0) is 11.8 Å². The molecule has 1 saturated heterocycles. The zero-order valence-electron chi connectivity index (χ0n) is 16.2. The van der Waals surface area contributed by atoms with Crippen molar-refractivity contribution in [3.05, 3.63) is 12.4 Å². The maximum absolute atomic E-state index is 12.6. The number of nitrogens with zero attached hydrogens (tertiary/aromatic N) is 5. The van der Waals surface area contributed by atoms with E-state index in [2.05, 4.69) is 15.4 Å². The molecule has 3 rings (SSSR count). The topological polar surface area (TPSA) is 86.0 Å². The van der Waals surface area contributed by atoms with Crippen LogP contribution in [0.1, 0.15) is 39.0 Å². The van der Waals surface area contributed by atoms with Crippen molar-refractivity contribution >= 4 is 41.5 Å². The summed E-state index contributed by atoms with van der Waals surface area (Å²) in [6.45, 7) is 4.71. The fourth-order valence-electron chi connectivity index (χ4n) is 3.69. The Labute approximate surface area is 178 Å². The molecule has 9 heteroatoms. The third-order valence-electron chi connectivity index (χ3n) is 5.17. The van der Waals surface area contributed by atoms with Gasteiger partial charge in [0.1, 0.15) is 6.54 Å². The average Bonchev–Trinajstić information content (AvgIpc) is 3.05. The predicted molar refractivity (Wildman–Crippen MR) is 117 cm³/mol. The minimum absolute atomic E-state index is 0. The lowest BCUT2D eigenvalue weighted by atomic mass is 9.85. The van der Waals surface area contributed by atoms with Crippen LogP contribution in [0.15, 0.2) is 17.4 Å². The number of aliphatic hydroxyl groups is 1. The largest absolute Gasteiger partial charge is 0.388 e. The number of hydrogen-bond acceptors (Lipinski definition) is 4. The number of rotatable bonds is 4. The molecule has 0 aromatic carbocycles. The van der Waals surface area contributed by atoms with E-state index in [9.17, 15) is 9.90 Å². The molecule has 1 aromatic heterocycles. The summed E-state index contributed by atoms with van der Waals surface area (Å²) in [6.07, 6.45) is 8.50. The Morgan fingerprint density at radius 1 is 1.33 bits per heavy atom. The van der Waals surface area contributed by atoms with Crippen LogP contribution in [-0.4, -0.2) is 70.0 Å². The van der Waals surface area contributed by atoms with Gasteiger partial charge in [-0.15, -0.1) is 24.0 Å². The van der Waals surface area contributed by atoms with Gasteiger partial charge >= 0.3 is 0 Å². The van der Waals surface area contributed by atoms with E-state index in [0.717, 1.165) is 37.9 Å². The summed E-state index contributed by atoms with van der Waals surface area (Å²) >= 11 is 0. The maximum Gasteiger partial charge on any atom is 0.246 e. The van der Waals surface area contributed by atoms with Crippen LogP contribution in [0.2, 0.25) is 0 Å². The van der Waals surface area contributed by atoms with Gasteiger partial charge in [0.25, 0.3) is 0 Å². The normalized spacial score (nSPS) is 20.4. The molecule has 8 nitrogen and oxygen atoms in total. The molecule has 1 aromatic rings. The van der Waals surface area contributed by atoms with Crippen LogP contribution in [0.25, 0.3) is 0 Å². The van der Waals surface area contributed by atoms with Crippen molar-refractivity contribution in [2.24, 2.45) is 12.0 Å². The highest BCUT2D eigenvalue weighted by Gasteiger charge is 2.31. The van der Waals surface area contributed by atoms with Crippen molar-refractivity contribution in [2.45, 2.75) is 44.6 Å². The van der Waals surface area contributed by atoms with Gasteiger partial charge < -0.3 is 20.2 Å². The van der Waals surface area contributed by atoms with Gasteiger partial charge in [0.2, 0.25) is 5.91 Å². The number of hydrogen-bond donors (Lipinski definition) is 2. The molecule has 2 aliphatic rings. The van der Waals surface area contributed by atoms with Crippen molar-refractivity contribution in [2.75, 3.05) is 37.6 Å². The van der Waals surface area contributed by atoms with E-state index in [-0.39, 0.29) is 36.4 Å². The van der Waals surface area contributed by atoms with E-state index in [1.807, 2.05) is 25.1 Å². The highest BCUT2D eigenvalue weighted by atomic mass is 127. The molecule has 1 aliphatic carbocycles. The third kappa shape index (κ3) is 5.56. The number of nitrogens with one attached hydrogen (secondary N) is 1. The Balaban J connectivity index is 0.00000261. The first kappa shape index (κ1) is 21.9. The summed E-state index contributed by atoms with van der Waals surface area (Å²) in [5.74, 6) is 0.747. The van der Waals surface area contributed by atoms with Gasteiger partial charge in [0, 0.05) is 32.9 Å². The molecular formula is C18H31IN6O2. The second-order valence-corrected chi connectivity index (χ2v) is 7.29. The van der Waals surface area contributed by atoms with Crippen molar-refractivity contribution in [1.29, 1.82) is 0 Å². The first-order chi connectivity index (χ1) is 12.5. The van der Waals surface area contributed by atoms with Crippen LogP contribution < -0.4 is 10.2 Å². The number of amides is 1. The lowest BCUT2D eigenvalue weighted by Gasteiger charge is -2.36. The first-order valence-corrected chi connectivity index (χ1v) is 9.55. The van der Waals surface area contributed by atoms with Crippen molar-refractivity contribution in [3.63, 3.8) is 0 Å². The second kappa shape index (κ2) is 9.72. The predicted octanol–water partition coefficient (Wildman–Crippen LogP) is 1.35. The fourth-order valence-corrected chi connectivity index (χ4v) is 3.69.